The molecule has 0 radical (unpaired) electrons. The molecule has 0 heterocycles. The third kappa shape index (κ3) is 2.91. The molecule has 0 atom stereocenters. The summed E-state index contributed by atoms with van der Waals surface area (Å²) < 4.78 is 13.1. The van der Waals surface area contributed by atoms with E-state index in [9.17, 15) is 9.18 Å². The number of amides is 1. The van der Waals surface area contributed by atoms with E-state index < -0.39 is 5.82 Å². The number of hydrogen-bond donors (Lipinski definition) is 2. The van der Waals surface area contributed by atoms with Gasteiger partial charge in [0.1, 0.15) is 5.82 Å². The molecular formula is C15H14ClFN2O. The van der Waals surface area contributed by atoms with Gasteiger partial charge in [-0.25, -0.2) is 4.39 Å². The van der Waals surface area contributed by atoms with Crippen molar-refractivity contribution in [2.45, 2.75) is 13.8 Å². The summed E-state index contributed by atoms with van der Waals surface area (Å²) in [5, 5.41) is 2.63. The fourth-order valence-corrected chi connectivity index (χ4v) is 2.07. The first-order valence-electron chi connectivity index (χ1n) is 6.01. The molecule has 20 heavy (non-hydrogen) atoms. The Balaban J connectivity index is 2.28. The quantitative estimate of drug-likeness (QED) is 0.824. The first-order valence-corrected chi connectivity index (χ1v) is 6.39. The fourth-order valence-electron chi connectivity index (χ4n) is 1.89. The first kappa shape index (κ1) is 14.3. The molecule has 0 aliphatic carbocycles. The molecule has 3 nitrogen and oxygen atoms in total. The summed E-state index contributed by atoms with van der Waals surface area (Å²) in [5.41, 5.74) is 9.02. The van der Waals surface area contributed by atoms with Crippen LogP contribution in [0.2, 0.25) is 5.02 Å². The summed E-state index contributed by atoms with van der Waals surface area (Å²) in [4.78, 5) is 12.2. The van der Waals surface area contributed by atoms with Crippen molar-refractivity contribution in [3.05, 3.63) is 57.9 Å². The van der Waals surface area contributed by atoms with Crippen LogP contribution in [0.15, 0.2) is 30.3 Å². The van der Waals surface area contributed by atoms with E-state index in [1.807, 2.05) is 19.9 Å². The standard InChI is InChI=1S/C15H14ClFN2O/c1-8-5-9(2)14(18)7-11(8)15(20)19-10-3-4-13(17)12(16)6-10/h3-7H,18H2,1-2H3,(H,19,20). The monoisotopic (exact) mass is 292 g/mol. The van der Waals surface area contributed by atoms with E-state index in [2.05, 4.69) is 5.32 Å². The Labute approximate surface area is 121 Å². The minimum Gasteiger partial charge on any atom is -0.398 e. The predicted molar refractivity (Wildman–Crippen MR) is 79.7 cm³/mol. The van der Waals surface area contributed by atoms with Gasteiger partial charge in [-0.05, 0) is 49.2 Å². The second-order valence-corrected chi connectivity index (χ2v) is 5.01. The van der Waals surface area contributed by atoms with Gasteiger partial charge in [-0.15, -0.1) is 0 Å². The Hall–Kier alpha value is -2.07. The number of benzene rings is 2. The van der Waals surface area contributed by atoms with E-state index in [0.29, 0.717) is 16.9 Å². The molecule has 0 bridgehead atoms. The van der Waals surface area contributed by atoms with E-state index in [0.717, 1.165) is 11.1 Å². The van der Waals surface area contributed by atoms with E-state index in [1.165, 1.54) is 18.2 Å². The van der Waals surface area contributed by atoms with Gasteiger partial charge in [0.15, 0.2) is 0 Å². The molecular weight excluding hydrogens is 279 g/mol. The minimum absolute atomic E-state index is 0.0389. The summed E-state index contributed by atoms with van der Waals surface area (Å²) in [5.74, 6) is -0.836. The number of rotatable bonds is 2. The molecule has 0 aliphatic rings. The van der Waals surface area contributed by atoms with Crippen LogP contribution in [-0.4, -0.2) is 5.91 Å². The van der Waals surface area contributed by atoms with Crippen LogP contribution in [0.25, 0.3) is 0 Å². The lowest BCUT2D eigenvalue weighted by Crippen LogP contribution is -2.14. The highest BCUT2D eigenvalue weighted by molar-refractivity contribution is 6.31. The van der Waals surface area contributed by atoms with Gasteiger partial charge in [-0.3, -0.25) is 4.79 Å². The molecule has 104 valence electrons. The van der Waals surface area contributed by atoms with Crippen molar-refractivity contribution < 1.29 is 9.18 Å². The highest BCUT2D eigenvalue weighted by atomic mass is 35.5. The highest BCUT2D eigenvalue weighted by Crippen LogP contribution is 2.22. The van der Waals surface area contributed by atoms with E-state index >= 15 is 0 Å². The van der Waals surface area contributed by atoms with Gasteiger partial charge in [0, 0.05) is 16.9 Å². The molecule has 0 spiro atoms. The minimum atomic E-state index is -0.527. The molecule has 2 rings (SSSR count). The Morgan fingerprint density at radius 1 is 1.20 bits per heavy atom. The number of nitrogens with one attached hydrogen (secondary N) is 1. The van der Waals surface area contributed by atoms with Gasteiger partial charge >= 0.3 is 0 Å². The molecule has 0 saturated carbocycles. The predicted octanol–water partition coefficient (Wildman–Crippen LogP) is 3.93. The number of nitrogen functional groups attached to an aromatic ring is 1. The number of aryl methyl sites for hydroxylation is 2. The van der Waals surface area contributed by atoms with Crippen LogP contribution in [0.5, 0.6) is 0 Å². The van der Waals surface area contributed by atoms with Crippen molar-refractivity contribution in [1.29, 1.82) is 0 Å². The molecule has 2 aromatic rings. The van der Waals surface area contributed by atoms with Gasteiger partial charge < -0.3 is 11.1 Å². The van der Waals surface area contributed by atoms with Crippen molar-refractivity contribution in [3.8, 4) is 0 Å². The van der Waals surface area contributed by atoms with Crippen LogP contribution in [-0.2, 0) is 0 Å². The van der Waals surface area contributed by atoms with Gasteiger partial charge in [0.2, 0.25) is 0 Å². The maximum absolute atomic E-state index is 13.1. The average molecular weight is 293 g/mol. The van der Waals surface area contributed by atoms with E-state index in [1.54, 1.807) is 6.07 Å². The Morgan fingerprint density at radius 2 is 1.90 bits per heavy atom. The highest BCUT2D eigenvalue weighted by Gasteiger charge is 2.12. The molecule has 5 heteroatoms. The third-order valence-electron chi connectivity index (χ3n) is 3.04. The molecule has 1 amide bonds. The zero-order valence-corrected chi connectivity index (χ0v) is 11.9. The van der Waals surface area contributed by atoms with Crippen molar-refractivity contribution in [2.75, 3.05) is 11.1 Å². The van der Waals surface area contributed by atoms with Gasteiger partial charge in [-0.2, -0.15) is 0 Å². The van der Waals surface area contributed by atoms with Crippen molar-refractivity contribution >= 4 is 28.9 Å². The second-order valence-electron chi connectivity index (χ2n) is 4.61. The number of nitrogens with two attached hydrogens (primary N) is 1. The second kappa shape index (κ2) is 5.51. The lowest BCUT2D eigenvalue weighted by atomic mass is 10.0. The lowest BCUT2D eigenvalue weighted by molar-refractivity contribution is 0.102. The molecule has 3 N–H and O–H groups in total. The largest absolute Gasteiger partial charge is 0.398 e. The zero-order valence-electron chi connectivity index (χ0n) is 11.1. The number of anilines is 2. The van der Waals surface area contributed by atoms with Crippen LogP contribution in [0.1, 0.15) is 21.5 Å². The maximum Gasteiger partial charge on any atom is 0.256 e. The first-order chi connectivity index (χ1) is 9.38. The van der Waals surface area contributed by atoms with Crippen LogP contribution in [0.4, 0.5) is 15.8 Å². The van der Waals surface area contributed by atoms with Crippen molar-refractivity contribution in [3.63, 3.8) is 0 Å². The third-order valence-corrected chi connectivity index (χ3v) is 3.32. The molecule has 0 saturated heterocycles. The Bertz CT molecular complexity index is 686. The molecule has 0 fully saturated rings. The van der Waals surface area contributed by atoms with E-state index in [4.69, 9.17) is 17.3 Å². The van der Waals surface area contributed by atoms with Crippen LogP contribution in [0.3, 0.4) is 0 Å². The summed E-state index contributed by atoms with van der Waals surface area (Å²) >= 11 is 5.67. The average Bonchev–Trinajstić information content (AvgIpc) is 2.38. The van der Waals surface area contributed by atoms with Crippen molar-refractivity contribution in [2.24, 2.45) is 0 Å². The van der Waals surface area contributed by atoms with Crippen LogP contribution >= 0.6 is 11.6 Å². The topological polar surface area (TPSA) is 55.1 Å². The van der Waals surface area contributed by atoms with Crippen molar-refractivity contribution in [1.82, 2.24) is 0 Å². The summed E-state index contributed by atoms with van der Waals surface area (Å²) in [6.07, 6.45) is 0. The zero-order chi connectivity index (χ0) is 14.9. The number of hydrogen-bond acceptors (Lipinski definition) is 2. The molecule has 0 aliphatic heterocycles. The van der Waals surface area contributed by atoms with Crippen LogP contribution < -0.4 is 11.1 Å². The number of carbonyl (C=O) groups is 1. The summed E-state index contributed by atoms with van der Waals surface area (Å²) in [7, 11) is 0. The fraction of sp³-hybridized carbons (Fsp3) is 0.133. The Kier molecular flexibility index (Phi) is 3.95. The smallest absolute Gasteiger partial charge is 0.256 e. The molecule has 0 aromatic heterocycles. The van der Waals surface area contributed by atoms with Gasteiger partial charge in [0.05, 0.1) is 5.02 Å². The SMILES string of the molecule is Cc1cc(C)c(C(=O)Nc2ccc(F)c(Cl)c2)cc1N. The van der Waals surface area contributed by atoms with Gasteiger partial charge in [0.25, 0.3) is 5.91 Å². The Morgan fingerprint density at radius 3 is 2.55 bits per heavy atom. The number of carbonyl (C=O) groups excluding carboxylic acids is 1. The normalized spacial score (nSPS) is 10.4. The summed E-state index contributed by atoms with van der Waals surface area (Å²) in [6.45, 7) is 3.71. The van der Waals surface area contributed by atoms with E-state index in [-0.39, 0.29) is 10.9 Å². The molecule has 2 aromatic carbocycles. The van der Waals surface area contributed by atoms with Crippen LogP contribution in [0, 0.1) is 19.7 Å². The lowest BCUT2D eigenvalue weighted by Gasteiger charge is -2.10. The number of halogens is 2. The van der Waals surface area contributed by atoms with Gasteiger partial charge in [-0.1, -0.05) is 17.7 Å². The molecule has 0 unspecified atom stereocenters. The maximum atomic E-state index is 13.1. The summed E-state index contributed by atoms with van der Waals surface area (Å²) in [6, 6.07) is 7.50.